The third kappa shape index (κ3) is 2.76. The second kappa shape index (κ2) is 5.31. The molecule has 1 aliphatic carbocycles. The summed E-state index contributed by atoms with van der Waals surface area (Å²) in [7, 11) is 0. The van der Waals surface area contributed by atoms with Crippen LogP contribution in [0.2, 0.25) is 0 Å². The van der Waals surface area contributed by atoms with Gasteiger partial charge in [-0.3, -0.25) is 4.79 Å². The summed E-state index contributed by atoms with van der Waals surface area (Å²) in [4.78, 5) is 22.2. The van der Waals surface area contributed by atoms with Gasteiger partial charge in [0.15, 0.2) is 0 Å². The van der Waals surface area contributed by atoms with Gasteiger partial charge >= 0.3 is 5.97 Å². The summed E-state index contributed by atoms with van der Waals surface area (Å²) in [6, 6.07) is 9.49. The van der Waals surface area contributed by atoms with Crippen LogP contribution >= 0.6 is 0 Å². The summed E-state index contributed by atoms with van der Waals surface area (Å²) in [6.45, 7) is 0.247. The summed E-state index contributed by atoms with van der Waals surface area (Å²) in [5.41, 5.74) is 6.00. The maximum absolute atomic E-state index is 11.8. The summed E-state index contributed by atoms with van der Waals surface area (Å²) in [5, 5.41) is 0. The number of esters is 1. The van der Waals surface area contributed by atoms with Crippen molar-refractivity contribution in [1.29, 1.82) is 0 Å². The summed E-state index contributed by atoms with van der Waals surface area (Å²) < 4.78 is 5.21. The first-order valence-corrected chi connectivity index (χ1v) is 6.08. The van der Waals surface area contributed by atoms with Gasteiger partial charge in [-0.25, -0.2) is 0 Å². The van der Waals surface area contributed by atoms with E-state index in [0.717, 1.165) is 11.8 Å². The Kier molecular flexibility index (Phi) is 3.77. The molecule has 0 aromatic heterocycles. The van der Waals surface area contributed by atoms with Gasteiger partial charge in [0.25, 0.3) is 0 Å². The van der Waals surface area contributed by atoms with E-state index in [9.17, 15) is 9.59 Å². The van der Waals surface area contributed by atoms with Crippen molar-refractivity contribution in [2.45, 2.75) is 31.4 Å². The van der Waals surface area contributed by atoms with Crippen molar-refractivity contribution in [3.63, 3.8) is 0 Å². The van der Waals surface area contributed by atoms with E-state index in [0.29, 0.717) is 19.3 Å². The van der Waals surface area contributed by atoms with E-state index < -0.39 is 5.54 Å². The fourth-order valence-electron chi connectivity index (χ4n) is 2.31. The zero-order chi connectivity index (χ0) is 13.0. The van der Waals surface area contributed by atoms with Crippen molar-refractivity contribution >= 4 is 12.3 Å². The van der Waals surface area contributed by atoms with E-state index in [-0.39, 0.29) is 18.5 Å². The molecular formula is C14H17NO3. The summed E-state index contributed by atoms with van der Waals surface area (Å²) in [6.07, 6.45) is 2.43. The van der Waals surface area contributed by atoms with Crippen molar-refractivity contribution in [1.82, 2.24) is 0 Å². The van der Waals surface area contributed by atoms with Crippen LogP contribution in [0, 0.1) is 5.92 Å². The van der Waals surface area contributed by atoms with E-state index in [2.05, 4.69) is 0 Å². The normalized spacial score (nSPS) is 26.2. The van der Waals surface area contributed by atoms with E-state index in [1.807, 2.05) is 30.3 Å². The molecule has 1 aromatic rings. The molecule has 1 aliphatic rings. The predicted octanol–water partition coefficient (Wildman–Crippen LogP) is 1.43. The maximum Gasteiger partial charge on any atom is 0.326 e. The predicted molar refractivity (Wildman–Crippen MR) is 66.6 cm³/mol. The Morgan fingerprint density at radius 2 is 2.06 bits per heavy atom. The number of benzene rings is 1. The fourth-order valence-corrected chi connectivity index (χ4v) is 2.31. The van der Waals surface area contributed by atoms with Gasteiger partial charge in [0.05, 0.1) is 0 Å². The Morgan fingerprint density at radius 1 is 1.39 bits per heavy atom. The van der Waals surface area contributed by atoms with Crippen molar-refractivity contribution < 1.29 is 14.3 Å². The molecule has 0 spiro atoms. The molecule has 0 radical (unpaired) electrons. The largest absolute Gasteiger partial charge is 0.459 e. The molecule has 1 saturated carbocycles. The smallest absolute Gasteiger partial charge is 0.326 e. The van der Waals surface area contributed by atoms with Crippen molar-refractivity contribution in [3.8, 4) is 0 Å². The molecule has 0 amide bonds. The number of rotatable bonds is 5. The first kappa shape index (κ1) is 12.8. The zero-order valence-corrected chi connectivity index (χ0v) is 10.2. The average molecular weight is 247 g/mol. The lowest BCUT2D eigenvalue weighted by atomic mass is 9.68. The highest BCUT2D eigenvalue weighted by Crippen LogP contribution is 2.38. The van der Waals surface area contributed by atoms with Crippen LogP contribution < -0.4 is 5.73 Å². The Bertz CT molecular complexity index is 424. The second-order valence-electron chi connectivity index (χ2n) is 4.89. The maximum atomic E-state index is 11.8. The molecular weight excluding hydrogens is 230 g/mol. The molecule has 0 unspecified atom stereocenters. The zero-order valence-electron chi connectivity index (χ0n) is 10.2. The van der Waals surface area contributed by atoms with Crippen molar-refractivity contribution in [2.75, 3.05) is 0 Å². The lowest BCUT2D eigenvalue weighted by molar-refractivity contribution is -0.157. The number of carbonyl (C=O) groups excluding carboxylic acids is 2. The molecule has 0 atom stereocenters. The molecule has 18 heavy (non-hydrogen) atoms. The van der Waals surface area contributed by atoms with E-state index in [4.69, 9.17) is 10.5 Å². The van der Waals surface area contributed by atoms with E-state index in [1.165, 1.54) is 0 Å². The standard InChI is InChI=1S/C14H17NO3/c15-14(8-12(9-14)6-7-16)13(17)18-10-11-4-2-1-3-5-11/h1-5,7,12H,6,8-10,15H2. The molecule has 2 rings (SSSR count). The lowest BCUT2D eigenvalue weighted by Crippen LogP contribution is -2.58. The SMILES string of the molecule is NC1(C(=O)OCc2ccccc2)CC(CC=O)C1. The van der Waals surface area contributed by atoms with Crippen molar-refractivity contribution in [2.24, 2.45) is 11.7 Å². The number of nitrogens with two attached hydrogens (primary N) is 1. The molecule has 0 heterocycles. The van der Waals surface area contributed by atoms with E-state index >= 15 is 0 Å². The van der Waals surface area contributed by atoms with Crippen LogP contribution in [-0.2, 0) is 20.9 Å². The Morgan fingerprint density at radius 3 is 2.67 bits per heavy atom. The molecule has 2 N–H and O–H groups in total. The fraction of sp³-hybridized carbons (Fsp3) is 0.429. The highest BCUT2D eigenvalue weighted by Gasteiger charge is 2.47. The number of carbonyl (C=O) groups is 2. The second-order valence-corrected chi connectivity index (χ2v) is 4.89. The van der Waals surface area contributed by atoms with Crippen molar-refractivity contribution in [3.05, 3.63) is 35.9 Å². The monoisotopic (exact) mass is 247 g/mol. The van der Waals surface area contributed by atoms with Crippen LogP contribution in [0.3, 0.4) is 0 Å². The molecule has 4 heteroatoms. The minimum Gasteiger partial charge on any atom is -0.459 e. The van der Waals surface area contributed by atoms with Crippen LogP contribution in [0.25, 0.3) is 0 Å². The van der Waals surface area contributed by atoms with Gasteiger partial charge in [0.2, 0.25) is 0 Å². The molecule has 96 valence electrons. The minimum absolute atomic E-state index is 0.233. The average Bonchev–Trinajstić information content (AvgIpc) is 2.35. The van der Waals surface area contributed by atoms with Crippen LogP contribution in [0.15, 0.2) is 30.3 Å². The highest BCUT2D eigenvalue weighted by atomic mass is 16.5. The van der Waals surface area contributed by atoms with Gasteiger partial charge in [-0.15, -0.1) is 0 Å². The molecule has 4 nitrogen and oxygen atoms in total. The Balaban J connectivity index is 1.81. The minimum atomic E-state index is -0.886. The molecule has 0 aliphatic heterocycles. The number of hydrogen-bond donors (Lipinski definition) is 1. The van der Waals surface area contributed by atoms with Crippen LogP contribution in [-0.4, -0.2) is 17.8 Å². The van der Waals surface area contributed by atoms with Gasteiger partial charge in [-0.05, 0) is 24.3 Å². The number of aldehydes is 1. The van der Waals surface area contributed by atoms with E-state index in [1.54, 1.807) is 0 Å². The molecule has 1 aromatic carbocycles. The van der Waals surface area contributed by atoms with Gasteiger partial charge in [-0.2, -0.15) is 0 Å². The van der Waals surface area contributed by atoms with Gasteiger partial charge < -0.3 is 15.3 Å². The Hall–Kier alpha value is -1.68. The Labute approximate surface area is 106 Å². The third-order valence-corrected chi connectivity index (χ3v) is 3.35. The van der Waals surface area contributed by atoms with Crippen LogP contribution in [0.1, 0.15) is 24.8 Å². The van der Waals surface area contributed by atoms with Gasteiger partial charge in [0, 0.05) is 6.42 Å². The van der Waals surface area contributed by atoms with Gasteiger partial charge in [-0.1, -0.05) is 30.3 Å². The number of ether oxygens (including phenoxy) is 1. The first-order valence-electron chi connectivity index (χ1n) is 6.08. The first-order chi connectivity index (χ1) is 8.64. The quantitative estimate of drug-likeness (QED) is 0.631. The topological polar surface area (TPSA) is 69.4 Å². The van der Waals surface area contributed by atoms with Crippen LogP contribution in [0.5, 0.6) is 0 Å². The summed E-state index contributed by atoms with van der Waals surface area (Å²) >= 11 is 0. The molecule has 0 bridgehead atoms. The number of hydrogen-bond acceptors (Lipinski definition) is 4. The molecule has 1 fully saturated rings. The summed E-state index contributed by atoms with van der Waals surface area (Å²) in [5.74, 6) is -0.134. The lowest BCUT2D eigenvalue weighted by Gasteiger charge is -2.41. The highest BCUT2D eigenvalue weighted by molar-refractivity contribution is 5.82. The van der Waals surface area contributed by atoms with Crippen LogP contribution in [0.4, 0.5) is 0 Å². The third-order valence-electron chi connectivity index (χ3n) is 3.35. The van der Waals surface area contributed by atoms with Gasteiger partial charge in [0.1, 0.15) is 18.4 Å². The molecule has 0 saturated heterocycles.